The molecule has 114 valence electrons. The summed E-state index contributed by atoms with van der Waals surface area (Å²) in [7, 11) is 1.85. The van der Waals surface area contributed by atoms with Gasteiger partial charge in [-0.25, -0.2) is 4.98 Å². The van der Waals surface area contributed by atoms with E-state index in [9.17, 15) is 0 Å². The van der Waals surface area contributed by atoms with Gasteiger partial charge in [-0.15, -0.1) is 0 Å². The van der Waals surface area contributed by atoms with Gasteiger partial charge < -0.3 is 14.4 Å². The third-order valence-corrected chi connectivity index (χ3v) is 4.06. The van der Waals surface area contributed by atoms with Crippen molar-refractivity contribution in [3.05, 3.63) is 46.1 Å². The van der Waals surface area contributed by atoms with Crippen molar-refractivity contribution in [3.8, 4) is 11.5 Å². The molecule has 0 aliphatic rings. The first-order valence-electron chi connectivity index (χ1n) is 6.55. The predicted octanol–water partition coefficient (Wildman–Crippen LogP) is 3.70. The number of aryl methyl sites for hydroxylation is 1. The van der Waals surface area contributed by atoms with Gasteiger partial charge in [0.05, 0.1) is 17.1 Å². The molecule has 0 fully saturated rings. The molecule has 0 bridgehead atoms. The van der Waals surface area contributed by atoms with E-state index in [0.29, 0.717) is 34.3 Å². The Hall–Kier alpha value is -2.05. The second-order valence-corrected chi connectivity index (χ2v) is 5.50. The fourth-order valence-corrected chi connectivity index (χ4v) is 2.47. The average molecular weight is 338 g/mol. The molecule has 0 saturated carbocycles. The second kappa shape index (κ2) is 5.98. The molecule has 0 spiro atoms. The van der Waals surface area contributed by atoms with Crippen LogP contribution in [0.1, 0.15) is 11.5 Å². The summed E-state index contributed by atoms with van der Waals surface area (Å²) >= 11 is 12.1. The first-order chi connectivity index (χ1) is 10.6. The van der Waals surface area contributed by atoms with E-state index in [2.05, 4.69) is 20.4 Å². The van der Waals surface area contributed by atoms with Crippen LogP contribution in [0.25, 0.3) is 11.5 Å². The number of anilines is 1. The van der Waals surface area contributed by atoms with E-state index in [4.69, 9.17) is 27.7 Å². The number of halogens is 2. The van der Waals surface area contributed by atoms with Gasteiger partial charge in [-0.2, -0.15) is 4.98 Å². The van der Waals surface area contributed by atoms with Crippen molar-refractivity contribution in [2.24, 2.45) is 7.05 Å². The highest BCUT2D eigenvalue weighted by Gasteiger charge is 2.14. The molecule has 0 aromatic carbocycles. The smallest absolute Gasteiger partial charge is 0.261 e. The van der Waals surface area contributed by atoms with Crippen LogP contribution < -0.4 is 5.32 Å². The summed E-state index contributed by atoms with van der Waals surface area (Å²) in [5, 5.41) is 8.07. The van der Waals surface area contributed by atoms with Crippen molar-refractivity contribution in [1.82, 2.24) is 19.7 Å². The van der Waals surface area contributed by atoms with E-state index in [1.807, 2.05) is 29.8 Å². The molecule has 0 aliphatic heterocycles. The maximum Gasteiger partial charge on any atom is 0.261 e. The van der Waals surface area contributed by atoms with Gasteiger partial charge in [0.2, 0.25) is 0 Å². The fraction of sp³-hybridized carbons (Fsp3) is 0.214. The summed E-state index contributed by atoms with van der Waals surface area (Å²) in [6, 6.07) is 5.50. The molecule has 6 nitrogen and oxygen atoms in total. The molecule has 3 aromatic heterocycles. The van der Waals surface area contributed by atoms with Crippen LogP contribution in [0, 0.1) is 6.92 Å². The van der Waals surface area contributed by atoms with Crippen molar-refractivity contribution >= 4 is 29.0 Å². The van der Waals surface area contributed by atoms with Crippen LogP contribution in [0.2, 0.25) is 10.2 Å². The Bertz CT molecular complexity index is 811. The van der Waals surface area contributed by atoms with Crippen molar-refractivity contribution in [2.45, 2.75) is 13.5 Å². The van der Waals surface area contributed by atoms with Gasteiger partial charge in [0.1, 0.15) is 11.0 Å². The highest BCUT2D eigenvalue weighted by Crippen LogP contribution is 2.27. The van der Waals surface area contributed by atoms with E-state index < -0.39 is 0 Å². The van der Waals surface area contributed by atoms with E-state index in [1.54, 1.807) is 13.1 Å². The molecule has 22 heavy (non-hydrogen) atoms. The first kappa shape index (κ1) is 14.9. The minimum atomic E-state index is 0.427. The van der Waals surface area contributed by atoms with Gasteiger partial charge in [-0.1, -0.05) is 28.4 Å². The summed E-state index contributed by atoms with van der Waals surface area (Å²) < 4.78 is 7.02. The fourth-order valence-electron chi connectivity index (χ4n) is 2.06. The minimum Gasteiger partial charge on any atom is -0.364 e. The first-order valence-corrected chi connectivity index (χ1v) is 7.31. The molecular formula is C14H13Cl2N5O. The Balaban J connectivity index is 1.85. The molecule has 8 heteroatoms. The second-order valence-electron chi connectivity index (χ2n) is 4.73. The number of nitrogens with zero attached hydrogens (tertiary/aromatic N) is 4. The lowest BCUT2D eigenvalue weighted by molar-refractivity contribution is 0.425. The minimum absolute atomic E-state index is 0.427. The quantitative estimate of drug-likeness (QED) is 0.786. The molecule has 0 atom stereocenters. The van der Waals surface area contributed by atoms with Crippen molar-refractivity contribution in [2.75, 3.05) is 5.32 Å². The lowest BCUT2D eigenvalue weighted by Crippen LogP contribution is -2.06. The largest absolute Gasteiger partial charge is 0.364 e. The zero-order valence-corrected chi connectivity index (χ0v) is 13.5. The summed E-state index contributed by atoms with van der Waals surface area (Å²) in [5.74, 6) is 1.65. The lowest BCUT2D eigenvalue weighted by atomic mass is 10.2. The molecule has 0 radical (unpaired) electrons. The van der Waals surface area contributed by atoms with Crippen LogP contribution in [-0.4, -0.2) is 19.7 Å². The third-order valence-electron chi connectivity index (χ3n) is 3.22. The van der Waals surface area contributed by atoms with Crippen LogP contribution >= 0.6 is 23.2 Å². The monoisotopic (exact) mass is 337 g/mol. The summed E-state index contributed by atoms with van der Waals surface area (Å²) in [6.45, 7) is 2.28. The maximum atomic E-state index is 6.06. The molecule has 0 aliphatic carbocycles. The van der Waals surface area contributed by atoms with Gasteiger partial charge in [0.15, 0.2) is 5.82 Å². The standard InChI is InChI=1S/C14H13Cl2N5O/c1-8-19-14(22-20-8)10-4-3-5-17-13(10)18-7-9-6-11(15)12(16)21(9)2/h3-6H,7H2,1-2H3,(H,17,18). The van der Waals surface area contributed by atoms with E-state index in [-0.39, 0.29) is 0 Å². The Labute approximate surface area is 137 Å². The zero-order chi connectivity index (χ0) is 15.7. The van der Waals surface area contributed by atoms with Gasteiger partial charge in [0, 0.05) is 18.9 Å². The molecule has 3 rings (SSSR count). The van der Waals surface area contributed by atoms with E-state index >= 15 is 0 Å². The molecule has 3 aromatic rings. The summed E-state index contributed by atoms with van der Waals surface area (Å²) in [6.07, 6.45) is 1.69. The van der Waals surface area contributed by atoms with E-state index in [0.717, 1.165) is 11.3 Å². The van der Waals surface area contributed by atoms with Crippen LogP contribution in [0.5, 0.6) is 0 Å². The van der Waals surface area contributed by atoms with Crippen molar-refractivity contribution in [1.29, 1.82) is 0 Å². The number of hydrogen-bond donors (Lipinski definition) is 1. The van der Waals surface area contributed by atoms with Crippen LogP contribution in [0.3, 0.4) is 0 Å². The molecule has 0 saturated heterocycles. The molecular weight excluding hydrogens is 325 g/mol. The highest BCUT2D eigenvalue weighted by atomic mass is 35.5. The maximum absolute atomic E-state index is 6.06. The van der Waals surface area contributed by atoms with Crippen LogP contribution in [0.4, 0.5) is 5.82 Å². The van der Waals surface area contributed by atoms with Gasteiger partial charge in [0.25, 0.3) is 5.89 Å². The molecule has 1 N–H and O–H groups in total. The Morgan fingerprint density at radius 1 is 1.36 bits per heavy atom. The SMILES string of the molecule is Cc1noc(-c2cccnc2NCc2cc(Cl)c(Cl)n2C)n1. The molecule has 3 heterocycles. The van der Waals surface area contributed by atoms with Gasteiger partial charge in [-0.3, -0.25) is 0 Å². The molecule has 0 unspecified atom stereocenters. The van der Waals surface area contributed by atoms with E-state index in [1.165, 1.54) is 0 Å². The predicted molar refractivity (Wildman–Crippen MR) is 85.0 cm³/mol. The number of nitrogens with one attached hydrogen (secondary N) is 1. The normalized spacial score (nSPS) is 10.9. The van der Waals surface area contributed by atoms with Crippen molar-refractivity contribution < 1.29 is 4.52 Å². The zero-order valence-electron chi connectivity index (χ0n) is 12.0. The summed E-state index contributed by atoms with van der Waals surface area (Å²) in [4.78, 5) is 8.55. The average Bonchev–Trinajstić information content (AvgIpc) is 3.05. The third kappa shape index (κ3) is 2.80. The number of rotatable bonds is 4. The highest BCUT2D eigenvalue weighted by molar-refractivity contribution is 6.41. The van der Waals surface area contributed by atoms with Crippen LogP contribution in [-0.2, 0) is 13.6 Å². The Morgan fingerprint density at radius 2 is 2.18 bits per heavy atom. The Kier molecular flexibility index (Phi) is 4.04. The van der Waals surface area contributed by atoms with Gasteiger partial charge >= 0.3 is 0 Å². The number of hydrogen-bond acceptors (Lipinski definition) is 5. The summed E-state index contributed by atoms with van der Waals surface area (Å²) in [5.41, 5.74) is 1.68. The van der Waals surface area contributed by atoms with Crippen molar-refractivity contribution in [3.63, 3.8) is 0 Å². The number of pyridine rings is 1. The Morgan fingerprint density at radius 3 is 2.82 bits per heavy atom. The van der Waals surface area contributed by atoms with Gasteiger partial charge in [-0.05, 0) is 25.1 Å². The van der Waals surface area contributed by atoms with Crippen LogP contribution in [0.15, 0.2) is 28.9 Å². The lowest BCUT2D eigenvalue weighted by Gasteiger charge is -2.09. The number of aromatic nitrogens is 4. The topological polar surface area (TPSA) is 68.8 Å². The molecule has 0 amide bonds.